The Bertz CT molecular complexity index is 372. The van der Waals surface area contributed by atoms with Crippen LogP contribution in [0.15, 0.2) is 30.3 Å². The Balaban J connectivity index is 1.57. The van der Waals surface area contributed by atoms with E-state index in [1.165, 1.54) is 12.8 Å². The first-order valence-electron chi connectivity index (χ1n) is 7.25. The van der Waals surface area contributed by atoms with Gasteiger partial charge in [-0.15, -0.1) is 0 Å². The maximum absolute atomic E-state index is 11.6. The van der Waals surface area contributed by atoms with Crippen LogP contribution in [0.1, 0.15) is 37.7 Å². The molecule has 1 aliphatic rings. The van der Waals surface area contributed by atoms with Gasteiger partial charge in [-0.05, 0) is 50.3 Å². The van der Waals surface area contributed by atoms with Crippen LogP contribution in [0.2, 0.25) is 0 Å². The van der Waals surface area contributed by atoms with Gasteiger partial charge in [-0.25, -0.2) is 0 Å². The molecule has 1 atom stereocenters. The third-order valence-electron chi connectivity index (χ3n) is 3.63. The van der Waals surface area contributed by atoms with Gasteiger partial charge < -0.3 is 10.1 Å². The van der Waals surface area contributed by atoms with Gasteiger partial charge in [-0.3, -0.25) is 4.79 Å². The Morgan fingerprint density at radius 2 is 2.16 bits per heavy atom. The highest BCUT2D eigenvalue weighted by atomic mass is 16.5. The van der Waals surface area contributed by atoms with Crippen LogP contribution in [-0.4, -0.2) is 19.1 Å². The van der Waals surface area contributed by atoms with E-state index in [9.17, 15) is 4.79 Å². The first kappa shape index (κ1) is 14.1. The summed E-state index contributed by atoms with van der Waals surface area (Å²) in [7, 11) is 0. The largest absolute Gasteiger partial charge is 0.461 e. The second kappa shape index (κ2) is 7.95. The molecule has 0 saturated carbocycles. The third-order valence-corrected chi connectivity index (χ3v) is 3.63. The lowest BCUT2D eigenvalue weighted by molar-refractivity contribution is -0.145. The quantitative estimate of drug-likeness (QED) is 0.800. The summed E-state index contributed by atoms with van der Waals surface area (Å²) < 4.78 is 5.26. The minimum atomic E-state index is -0.0763. The number of rotatable bonds is 6. The summed E-state index contributed by atoms with van der Waals surface area (Å²) in [5.74, 6) is 0.670. The summed E-state index contributed by atoms with van der Waals surface area (Å²) in [5, 5.41) is 3.40. The van der Waals surface area contributed by atoms with Crippen LogP contribution in [0, 0.1) is 5.92 Å². The van der Waals surface area contributed by atoms with Crippen molar-refractivity contribution in [3.05, 3.63) is 35.9 Å². The molecule has 0 aromatic heterocycles. The number of carbonyl (C=O) groups is 1. The van der Waals surface area contributed by atoms with E-state index in [2.05, 4.69) is 5.32 Å². The number of ether oxygens (including phenoxy) is 1. The van der Waals surface area contributed by atoms with Crippen LogP contribution in [0.4, 0.5) is 0 Å². The Labute approximate surface area is 115 Å². The van der Waals surface area contributed by atoms with Crippen molar-refractivity contribution in [1.82, 2.24) is 5.32 Å². The van der Waals surface area contributed by atoms with Gasteiger partial charge in [-0.2, -0.15) is 0 Å². The van der Waals surface area contributed by atoms with E-state index in [1.807, 2.05) is 30.3 Å². The zero-order chi connectivity index (χ0) is 13.3. The van der Waals surface area contributed by atoms with E-state index in [4.69, 9.17) is 4.74 Å². The Morgan fingerprint density at radius 1 is 1.32 bits per heavy atom. The van der Waals surface area contributed by atoms with Crippen LogP contribution in [0.3, 0.4) is 0 Å². The van der Waals surface area contributed by atoms with Crippen molar-refractivity contribution in [3.63, 3.8) is 0 Å². The zero-order valence-corrected chi connectivity index (χ0v) is 11.4. The van der Waals surface area contributed by atoms with E-state index in [1.54, 1.807) is 0 Å². The van der Waals surface area contributed by atoms with Crippen molar-refractivity contribution in [1.29, 1.82) is 0 Å². The van der Waals surface area contributed by atoms with E-state index < -0.39 is 0 Å². The normalized spacial score (nSPS) is 19.1. The van der Waals surface area contributed by atoms with Crippen LogP contribution in [0.5, 0.6) is 0 Å². The molecular formula is C16H23NO2. The molecule has 1 N–H and O–H groups in total. The van der Waals surface area contributed by atoms with Gasteiger partial charge in [0.15, 0.2) is 0 Å². The number of benzene rings is 1. The molecule has 1 aromatic carbocycles. The van der Waals surface area contributed by atoms with Crippen molar-refractivity contribution in [3.8, 4) is 0 Å². The molecule has 1 fully saturated rings. The fourth-order valence-corrected chi connectivity index (χ4v) is 2.52. The molecule has 3 nitrogen and oxygen atoms in total. The van der Waals surface area contributed by atoms with Crippen molar-refractivity contribution < 1.29 is 9.53 Å². The topological polar surface area (TPSA) is 38.3 Å². The smallest absolute Gasteiger partial charge is 0.306 e. The van der Waals surface area contributed by atoms with Gasteiger partial charge in [0.05, 0.1) is 0 Å². The number of carbonyl (C=O) groups excluding carboxylic acids is 1. The Hall–Kier alpha value is -1.35. The molecule has 1 unspecified atom stereocenters. The average molecular weight is 261 g/mol. The van der Waals surface area contributed by atoms with Gasteiger partial charge in [0, 0.05) is 6.42 Å². The summed E-state index contributed by atoms with van der Waals surface area (Å²) in [6.07, 6.45) is 5.19. The van der Waals surface area contributed by atoms with Crippen LogP contribution < -0.4 is 5.32 Å². The summed E-state index contributed by atoms with van der Waals surface area (Å²) in [4.78, 5) is 11.6. The maximum atomic E-state index is 11.6. The molecular weight excluding hydrogens is 238 g/mol. The fraction of sp³-hybridized carbons (Fsp3) is 0.562. The van der Waals surface area contributed by atoms with Crippen molar-refractivity contribution in [2.45, 2.75) is 38.7 Å². The second-order valence-corrected chi connectivity index (χ2v) is 5.25. The highest BCUT2D eigenvalue weighted by Gasteiger charge is 2.13. The molecule has 0 radical (unpaired) electrons. The number of esters is 1. The summed E-state index contributed by atoms with van der Waals surface area (Å²) >= 11 is 0. The maximum Gasteiger partial charge on any atom is 0.306 e. The number of nitrogens with one attached hydrogen (secondary N) is 1. The number of piperidine rings is 1. The minimum absolute atomic E-state index is 0.0763. The molecule has 104 valence electrons. The van der Waals surface area contributed by atoms with Crippen molar-refractivity contribution in [2.75, 3.05) is 13.1 Å². The molecule has 1 saturated heterocycles. The van der Waals surface area contributed by atoms with Crippen molar-refractivity contribution >= 4 is 5.97 Å². The van der Waals surface area contributed by atoms with E-state index in [0.29, 0.717) is 13.0 Å². The lowest BCUT2D eigenvalue weighted by atomic mass is 9.94. The molecule has 1 aromatic rings. The summed E-state index contributed by atoms with van der Waals surface area (Å²) in [6, 6.07) is 9.82. The standard InChI is InChI=1S/C16H23NO2/c18-16(19-13-15-6-2-1-3-7-15)10-4-8-14-9-5-11-17-12-14/h1-3,6-7,14,17H,4-5,8-13H2. The van der Waals surface area contributed by atoms with E-state index in [0.717, 1.165) is 37.4 Å². The molecule has 0 aliphatic carbocycles. The third kappa shape index (κ3) is 5.43. The van der Waals surface area contributed by atoms with E-state index >= 15 is 0 Å². The zero-order valence-electron chi connectivity index (χ0n) is 11.4. The molecule has 0 bridgehead atoms. The predicted octanol–water partition coefficient (Wildman–Crippen LogP) is 2.90. The lowest BCUT2D eigenvalue weighted by Gasteiger charge is -2.22. The molecule has 19 heavy (non-hydrogen) atoms. The van der Waals surface area contributed by atoms with Gasteiger partial charge >= 0.3 is 5.97 Å². The first-order valence-corrected chi connectivity index (χ1v) is 7.25. The number of hydrogen-bond donors (Lipinski definition) is 1. The van der Waals surface area contributed by atoms with Crippen molar-refractivity contribution in [2.24, 2.45) is 5.92 Å². The summed E-state index contributed by atoms with van der Waals surface area (Å²) in [6.45, 7) is 2.65. The molecule has 0 amide bonds. The van der Waals surface area contributed by atoms with Crippen LogP contribution >= 0.6 is 0 Å². The Kier molecular flexibility index (Phi) is 5.89. The lowest BCUT2D eigenvalue weighted by Crippen LogP contribution is -2.29. The SMILES string of the molecule is O=C(CCCC1CCCNC1)OCc1ccccc1. The monoisotopic (exact) mass is 261 g/mol. The second-order valence-electron chi connectivity index (χ2n) is 5.25. The van der Waals surface area contributed by atoms with Gasteiger partial charge in [0.1, 0.15) is 6.61 Å². The molecule has 0 spiro atoms. The predicted molar refractivity (Wildman–Crippen MR) is 75.7 cm³/mol. The van der Waals surface area contributed by atoms with Crippen LogP contribution in [0.25, 0.3) is 0 Å². The van der Waals surface area contributed by atoms with Gasteiger partial charge in [-0.1, -0.05) is 30.3 Å². The Morgan fingerprint density at radius 3 is 2.89 bits per heavy atom. The van der Waals surface area contributed by atoms with E-state index in [-0.39, 0.29) is 5.97 Å². The highest BCUT2D eigenvalue weighted by molar-refractivity contribution is 5.69. The average Bonchev–Trinajstić information content (AvgIpc) is 2.47. The highest BCUT2D eigenvalue weighted by Crippen LogP contribution is 2.17. The molecule has 1 aliphatic heterocycles. The molecule has 1 heterocycles. The molecule has 3 heteroatoms. The van der Waals surface area contributed by atoms with Gasteiger partial charge in [0.2, 0.25) is 0 Å². The summed E-state index contributed by atoms with van der Waals surface area (Å²) in [5.41, 5.74) is 1.05. The number of hydrogen-bond acceptors (Lipinski definition) is 3. The minimum Gasteiger partial charge on any atom is -0.461 e. The van der Waals surface area contributed by atoms with Crippen LogP contribution in [-0.2, 0) is 16.1 Å². The molecule has 2 rings (SSSR count). The fourth-order valence-electron chi connectivity index (χ4n) is 2.52. The van der Waals surface area contributed by atoms with Gasteiger partial charge in [0.25, 0.3) is 0 Å². The first-order chi connectivity index (χ1) is 9.34.